The first-order valence-corrected chi connectivity index (χ1v) is 7.86. The lowest BCUT2D eigenvalue weighted by atomic mass is 10.0. The lowest BCUT2D eigenvalue weighted by Crippen LogP contribution is -2.31. The molecule has 0 spiro atoms. The SMILES string of the molecule is CCCN(C(=O)CCC1CCCC1)c1ccc(N)cc1. The molecule has 1 aliphatic rings. The summed E-state index contributed by atoms with van der Waals surface area (Å²) in [4.78, 5) is 14.4. The fraction of sp³-hybridized carbons (Fsp3) is 0.588. The van der Waals surface area contributed by atoms with Crippen molar-refractivity contribution < 1.29 is 4.79 Å². The van der Waals surface area contributed by atoms with Crippen molar-refractivity contribution in [3.05, 3.63) is 24.3 Å². The van der Waals surface area contributed by atoms with Crippen LogP contribution in [0.3, 0.4) is 0 Å². The minimum Gasteiger partial charge on any atom is -0.399 e. The van der Waals surface area contributed by atoms with Gasteiger partial charge in [-0.25, -0.2) is 0 Å². The Morgan fingerprint density at radius 2 is 1.90 bits per heavy atom. The summed E-state index contributed by atoms with van der Waals surface area (Å²) >= 11 is 0. The minimum atomic E-state index is 0.253. The quantitative estimate of drug-likeness (QED) is 0.797. The van der Waals surface area contributed by atoms with Crippen molar-refractivity contribution >= 4 is 17.3 Å². The molecule has 1 aliphatic carbocycles. The van der Waals surface area contributed by atoms with Gasteiger partial charge in [0.2, 0.25) is 5.91 Å². The van der Waals surface area contributed by atoms with Gasteiger partial charge in [0.25, 0.3) is 0 Å². The van der Waals surface area contributed by atoms with E-state index in [1.54, 1.807) is 0 Å². The molecule has 1 saturated carbocycles. The molecule has 0 bridgehead atoms. The van der Waals surface area contributed by atoms with Crippen molar-refractivity contribution in [2.75, 3.05) is 17.2 Å². The average molecular weight is 274 g/mol. The van der Waals surface area contributed by atoms with Gasteiger partial charge in [0.1, 0.15) is 0 Å². The number of nitrogen functional groups attached to an aromatic ring is 1. The Morgan fingerprint density at radius 1 is 1.25 bits per heavy atom. The third-order valence-corrected chi connectivity index (χ3v) is 4.19. The summed E-state index contributed by atoms with van der Waals surface area (Å²) in [5.74, 6) is 1.03. The van der Waals surface area contributed by atoms with Crippen LogP contribution in [0.1, 0.15) is 51.9 Å². The van der Waals surface area contributed by atoms with Crippen LogP contribution >= 0.6 is 0 Å². The Hall–Kier alpha value is -1.51. The highest BCUT2D eigenvalue weighted by Crippen LogP contribution is 2.29. The van der Waals surface area contributed by atoms with Crippen LogP contribution in [0.5, 0.6) is 0 Å². The van der Waals surface area contributed by atoms with Gasteiger partial charge in [-0.15, -0.1) is 0 Å². The highest BCUT2D eigenvalue weighted by atomic mass is 16.2. The van der Waals surface area contributed by atoms with Crippen LogP contribution in [0.15, 0.2) is 24.3 Å². The molecule has 110 valence electrons. The fourth-order valence-corrected chi connectivity index (χ4v) is 3.04. The number of nitrogens with two attached hydrogens (primary N) is 1. The maximum absolute atomic E-state index is 12.5. The van der Waals surface area contributed by atoms with Crippen LogP contribution in [0.25, 0.3) is 0 Å². The monoisotopic (exact) mass is 274 g/mol. The first kappa shape index (κ1) is 14.9. The largest absolute Gasteiger partial charge is 0.399 e. The van der Waals surface area contributed by atoms with Gasteiger partial charge in [-0.1, -0.05) is 32.6 Å². The molecule has 3 heteroatoms. The summed E-state index contributed by atoms with van der Waals surface area (Å²) in [5.41, 5.74) is 7.42. The highest BCUT2D eigenvalue weighted by Gasteiger charge is 2.19. The third kappa shape index (κ3) is 3.99. The van der Waals surface area contributed by atoms with Crippen molar-refractivity contribution in [2.24, 2.45) is 5.92 Å². The van der Waals surface area contributed by atoms with Crippen molar-refractivity contribution in [2.45, 2.75) is 51.9 Å². The zero-order chi connectivity index (χ0) is 14.4. The molecule has 20 heavy (non-hydrogen) atoms. The average Bonchev–Trinajstić information content (AvgIpc) is 2.97. The molecule has 1 amide bonds. The molecule has 1 fully saturated rings. The normalized spacial score (nSPS) is 15.4. The molecule has 0 aromatic heterocycles. The fourth-order valence-electron chi connectivity index (χ4n) is 3.04. The first-order chi connectivity index (χ1) is 9.70. The summed E-state index contributed by atoms with van der Waals surface area (Å²) in [7, 11) is 0. The number of hydrogen-bond acceptors (Lipinski definition) is 2. The van der Waals surface area contributed by atoms with Gasteiger partial charge in [-0.05, 0) is 43.0 Å². The van der Waals surface area contributed by atoms with E-state index in [9.17, 15) is 4.79 Å². The summed E-state index contributed by atoms with van der Waals surface area (Å²) in [6, 6.07) is 7.61. The zero-order valence-corrected chi connectivity index (χ0v) is 12.5. The van der Waals surface area contributed by atoms with E-state index < -0.39 is 0 Å². The van der Waals surface area contributed by atoms with Crippen molar-refractivity contribution in [1.82, 2.24) is 0 Å². The number of carbonyl (C=O) groups is 1. The predicted octanol–water partition coefficient (Wildman–Crippen LogP) is 3.98. The molecular weight excluding hydrogens is 248 g/mol. The van der Waals surface area contributed by atoms with E-state index in [0.29, 0.717) is 6.42 Å². The number of carbonyl (C=O) groups excluding carboxylic acids is 1. The predicted molar refractivity (Wildman–Crippen MR) is 84.7 cm³/mol. The number of rotatable bonds is 6. The van der Waals surface area contributed by atoms with Gasteiger partial charge < -0.3 is 10.6 Å². The Labute approximate surface area is 122 Å². The molecule has 0 unspecified atom stereocenters. The molecule has 2 rings (SSSR count). The Balaban J connectivity index is 1.95. The van der Waals surface area contributed by atoms with Gasteiger partial charge in [0.15, 0.2) is 0 Å². The Bertz CT molecular complexity index is 421. The van der Waals surface area contributed by atoms with E-state index >= 15 is 0 Å². The molecule has 1 aromatic carbocycles. The maximum atomic E-state index is 12.5. The smallest absolute Gasteiger partial charge is 0.226 e. The molecule has 0 radical (unpaired) electrons. The molecule has 3 nitrogen and oxygen atoms in total. The van der Waals surface area contributed by atoms with E-state index in [2.05, 4.69) is 6.92 Å². The van der Waals surface area contributed by atoms with E-state index in [1.807, 2.05) is 29.2 Å². The van der Waals surface area contributed by atoms with E-state index in [0.717, 1.165) is 36.7 Å². The van der Waals surface area contributed by atoms with Gasteiger partial charge >= 0.3 is 0 Å². The first-order valence-electron chi connectivity index (χ1n) is 7.86. The van der Waals surface area contributed by atoms with E-state index in [4.69, 9.17) is 5.73 Å². The number of benzene rings is 1. The highest BCUT2D eigenvalue weighted by molar-refractivity contribution is 5.93. The van der Waals surface area contributed by atoms with E-state index in [-0.39, 0.29) is 5.91 Å². The van der Waals surface area contributed by atoms with E-state index in [1.165, 1.54) is 25.7 Å². The topological polar surface area (TPSA) is 46.3 Å². The van der Waals surface area contributed by atoms with Crippen LogP contribution in [0.2, 0.25) is 0 Å². The second kappa shape index (κ2) is 7.32. The molecule has 0 atom stereocenters. The van der Waals surface area contributed by atoms with Gasteiger partial charge in [0.05, 0.1) is 0 Å². The van der Waals surface area contributed by atoms with Crippen LogP contribution < -0.4 is 10.6 Å². The summed E-state index contributed by atoms with van der Waals surface area (Å²) < 4.78 is 0. The molecule has 2 N–H and O–H groups in total. The van der Waals surface area contributed by atoms with Crippen LogP contribution in [-0.2, 0) is 4.79 Å². The molecule has 0 saturated heterocycles. The number of nitrogens with zero attached hydrogens (tertiary/aromatic N) is 1. The third-order valence-electron chi connectivity index (χ3n) is 4.19. The minimum absolute atomic E-state index is 0.253. The summed E-state index contributed by atoms with van der Waals surface area (Å²) in [5, 5.41) is 0. The lowest BCUT2D eigenvalue weighted by Gasteiger charge is -2.23. The molecule has 0 heterocycles. The van der Waals surface area contributed by atoms with Crippen LogP contribution in [-0.4, -0.2) is 12.5 Å². The number of amides is 1. The van der Waals surface area contributed by atoms with Gasteiger partial charge in [-0.3, -0.25) is 4.79 Å². The zero-order valence-electron chi connectivity index (χ0n) is 12.5. The van der Waals surface area contributed by atoms with Crippen molar-refractivity contribution in [3.63, 3.8) is 0 Å². The Morgan fingerprint density at radius 3 is 2.50 bits per heavy atom. The second-order valence-corrected chi connectivity index (χ2v) is 5.83. The van der Waals surface area contributed by atoms with Crippen molar-refractivity contribution in [1.29, 1.82) is 0 Å². The summed E-state index contributed by atoms with van der Waals surface area (Å²) in [6.07, 6.45) is 8.00. The van der Waals surface area contributed by atoms with Gasteiger partial charge in [-0.2, -0.15) is 0 Å². The van der Waals surface area contributed by atoms with Crippen molar-refractivity contribution in [3.8, 4) is 0 Å². The Kier molecular flexibility index (Phi) is 5.45. The second-order valence-electron chi connectivity index (χ2n) is 5.83. The standard InChI is InChI=1S/C17H26N2O/c1-2-13-19(16-10-8-15(18)9-11-16)17(20)12-7-14-5-3-4-6-14/h8-11,14H,2-7,12-13,18H2,1H3. The molecule has 1 aromatic rings. The maximum Gasteiger partial charge on any atom is 0.226 e. The lowest BCUT2D eigenvalue weighted by molar-refractivity contribution is -0.118. The van der Waals surface area contributed by atoms with Crippen LogP contribution in [0.4, 0.5) is 11.4 Å². The number of anilines is 2. The molecular formula is C17H26N2O. The summed E-state index contributed by atoms with van der Waals surface area (Å²) in [6.45, 7) is 2.89. The molecule has 0 aliphatic heterocycles. The number of hydrogen-bond donors (Lipinski definition) is 1. The van der Waals surface area contributed by atoms with Gasteiger partial charge in [0, 0.05) is 24.3 Å². The van der Waals surface area contributed by atoms with Crippen LogP contribution in [0, 0.1) is 5.92 Å².